The molecule has 0 saturated carbocycles. The van der Waals surface area contributed by atoms with E-state index in [0.29, 0.717) is 0 Å². The summed E-state index contributed by atoms with van der Waals surface area (Å²) in [6.07, 6.45) is 0. The molecule has 0 aromatic heterocycles. The molecule has 10 heavy (non-hydrogen) atoms. The van der Waals surface area contributed by atoms with Crippen LogP contribution in [-0.2, 0) is 0 Å². The monoisotopic (exact) mass is 135 g/mol. The zero-order valence-corrected chi connectivity index (χ0v) is 5.70. The van der Waals surface area contributed by atoms with Gasteiger partial charge in [-0.25, -0.2) is 0 Å². The minimum atomic E-state index is 0. The fourth-order valence-electron chi connectivity index (χ4n) is 0.914. The van der Waals surface area contributed by atoms with Crippen LogP contribution in [0.25, 0.3) is 11.1 Å². The second-order valence-electron chi connectivity index (χ2n) is 2.20. The maximum absolute atomic E-state index is 7.00. The molecule has 2 N–H and O–H groups in total. The van der Waals surface area contributed by atoms with Crippen molar-refractivity contribution in [3.63, 3.8) is 0 Å². The van der Waals surface area contributed by atoms with Crippen molar-refractivity contribution in [2.45, 2.75) is 6.92 Å². The molecule has 0 fully saturated rings. The number of rotatable bonds is 0. The lowest BCUT2D eigenvalue weighted by Gasteiger charge is -1.69. The van der Waals surface area contributed by atoms with Crippen LogP contribution in [0.15, 0.2) is 18.2 Å². The number of fused-ring (bicyclic) bond motifs is 1. The van der Waals surface area contributed by atoms with Gasteiger partial charge in [0.05, 0.1) is 0 Å². The third-order valence-electron chi connectivity index (χ3n) is 1.33. The van der Waals surface area contributed by atoms with Crippen molar-refractivity contribution in [1.29, 1.82) is 0 Å². The Bertz CT molecular complexity index is 215. The molecule has 0 spiro atoms. The molecular formula is C7H8BO2. The molecule has 51 valence electrons. The topological polar surface area (TPSA) is 40.5 Å². The van der Waals surface area contributed by atoms with Crippen LogP contribution in [0.3, 0.4) is 0 Å². The zero-order valence-electron chi connectivity index (χ0n) is 5.70. The zero-order chi connectivity index (χ0) is 7.56. The van der Waals surface area contributed by atoms with E-state index in [4.69, 9.17) is 10.0 Å². The fraction of sp³-hybridized carbons (Fsp3) is 0.143. The molecular weight excluding hydrogens is 127 g/mol. The van der Waals surface area contributed by atoms with E-state index in [-0.39, 0.29) is 7.69 Å². The van der Waals surface area contributed by atoms with E-state index in [9.17, 15) is 0 Å². The molecule has 0 aromatic carbocycles. The van der Waals surface area contributed by atoms with Crippen LogP contribution in [0.5, 0.6) is 0 Å². The van der Waals surface area contributed by atoms with Gasteiger partial charge in [-0.05, 0) is 29.7 Å². The summed E-state index contributed by atoms with van der Waals surface area (Å²) in [5.41, 5.74) is 4.28. The van der Waals surface area contributed by atoms with Gasteiger partial charge in [-0.3, -0.25) is 0 Å². The molecule has 2 aliphatic rings. The van der Waals surface area contributed by atoms with E-state index >= 15 is 0 Å². The van der Waals surface area contributed by atoms with E-state index in [0.717, 1.165) is 0 Å². The second kappa shape index (κ2) is 2.86. The highest BCUT2D eigenvalue weighted by Crippen LogP contribution is 2.35. The Balaban J connectivity index is 0.000000148. The molecule has 2 nitrogen and oxygen atoms in total. The molecule has 0 unspecified atom stereocenters. The quantitative estimate of drug-likeness (QED) is 0.515. The van der Waals surface area contributed by atoms with Crippen LogP contribution in [0, 0.1) is 6.92 Å². The summed E-state index contributed by atoms with van der Waals surface area (Å²) in [7, 11) is 0. The Kier molecular flexibility index (Phi) is 2.09. The largest absolute Gasteiger partial charge is 0.482 e. The standard InChI is InChI=1S/C7H6.BH2O2/c1-5-2-6-4-7(6)3-5;2-1-3/h2-4H,1H3;2-3H. The van der Waals surface area contributed by atoms with Crippen molar-refractivity contribution in [3.8, 4) is 11.1 Å². The highest BCUT2D eigenvalue weighted by atomic mass is 16.4. The van der Waals surface area contributed by atoms with Crippen LogP contribution >= 0.6 is 0 Å². The Morgan fingerprint density at radius 1 is 1.10 bits per heavy atom. The van der Waals surface area contributed by atoms with Gasteiger partial charge in [-0.15, -0.1) is 0 Å². The minimum absolute atomic E-state index is 0. The van der Waals surface area contributed by atoms with Crippen LogP contribution in [0.2, 0.25) is 0 Å². The van der Waals surface area contributed by atoms with Crippen molar-refractivity contribution in [1.82, 2.24) is 0 Å². The summed E-state index contributed by atoms with van der Waals surface area (Å²) in [6, 6.07) is 6.59. The lowest BCUT2D eigenvalue weighted by Crippen LogP contribution is -1.75. The average molecular weight is 135 g/mol. The van der Waals surface area contributed by atoms with E-state index in [1.54, 1.807) is 0 Å². The Morgan fingerprint density at radius 2 is 1.50 bits per heavy atom. The summed E-state index contributed by atoms with van der Waals surface area (Å²) < 4.78 is 0. The molecule has 2 rings (SSSR count). The van der Waals surface area contributed by atoms with Crippen molar-refractivity contribution in [2.24, 2.45) is 0 Å². The number of benzene rings is 1. The Hall–Kier alpha value is -0.795. The average Bonchev–Trinajstić information content (AvgIpc) is 2.42. The van der Waals surface area contributed by atoms with Gasteiger partial charge < -0.3 is 10.0 Å². The molecule has 0 aromatic rings. The highest BCUT2D eigenvalue weighted by molar-refractivity contribution is 6.13. The summed E-state index contributed by atoms with van der Waals surface area (Å²) >= 11 is 0. The third kappa shape index (κ3) is 1.59. The molecule has 1 radical (unpaired) electrons. The van der Waals surface area contributed by atoms with Gasteiger partial charge >= 0.3 is 7.69 Å². The predicted octanol–water partition coefficient (Wildman–Crippen LogP) is 0.481. The van der Waals surface area contributed by atoms with E-state index in [1.165, 1.54) is 16.7 Å². The van der Waals surface area contributed by atoms with Gasteiger partial charge in [-0.2, -0.15) is 0 Å². The smallest absolute Gasteiger partial charge is 0.429 e. The van der Waals surface area contributed by atoms with Gasteiger partial charge in [0.15, 0.2) is 0 Å². The maximum Gasteiger partial charge on any atom is 0.482 e. The van der Waals surface area contributed by atoms with Crippen molar-refractivity contribution in [2.75, 3.05) is 0 Å². The Labute approximate surface area is 60.4 Å². The Morgan fingerprint density at radius 3 is 1.70 bits per heavy atom. The molecule has 3 heteroatoms. The van der Waals surface area contributed by atoms with Crippen LogP contribution in [0.1, 0.15) is 5.56 Å². The first-order valence-corrected chi connectivity index (χ1v) is 3.00. The predicted molar refractivity (Wildman–Crippen MR) is 40.4 cm³/mol. The first-order valence-electron chi connectivity index (χ1n) is 3.00. The fourth-order valence-corrected chi connectivity index (χ4v) is 0.914. The molecule has 0 aliphatic heterocycles. The second-order valence-corrected chi connectivity index (χ2v) is 2.20. The third-order valence-corrected chi connectivity index (χ3v) is 1.33. The van der Waals surface area contributed by atoms with E-state index < -0.39 is 0 Å². The van der Waals surface area contributed by atoms with Gasteiger partial charge in [0.1, 0.15) is 0 Å². The molecule has 0 amide bonds. The molecule has 0 bridgehead atoms. The first kappa shape index (κ1) is 7.31. The summed E-state index contributed by atoms with van der Waals surface area (Å²) in [4.78, 5) is 0. The first-order chi connectivity index (χ1) is 4.77. The normalized spacial score (nSPS) is 9.50. The van der Waals surface area contributed by atoms with Crippen molar-refractivity contribution < 1.29 is 10.0 Å². The SMILES string of the molecule is Cc1cc2cc-2c1.O[B]O. The van der Waals surface area contributed by atoms with Crippen LogP contribution in [-0.4, -0.2) is 17.7 Å². The molecule has 0 heterocycles. The van der Waals surface area contributed by atoms with E-state index in [1.807, 2.05) is 0 Å². The van der Waals surface area contributed by atoms with Crippen molar-refractivity contribution >= 4 is 7.69 Å². The van der Waals surface area contributed by atoms with Crippen LogP contribution < -0.4 is 0 Å². The number of hydrogen-bond acceptors (Lipinski definition) is 2. The molecule has 0 atom stereocenters. The lowest BCUT2D eigenvalue weighted by atomic mass is 10.4. The number of hydrogen-bond donors (Lipinski definition) is 2. The van der Waals surface area contributed by atoms with Gasteiger partial charge in [0.25, 0.3) is 0 Å². The van der Waals surface area contributed by atoms with E-state index in [2.05, 4.69) is 25.1 Å². The lowest BCUT2D eigenvalue weighted by molar-refractivity contribution is 0.448. The van der Waals surface area contributed by atoms with Crippen molar-refractivity contribution in [3.05, 3.63) is 23.8 Å². The number of aryl methyl sites for hydroxylation is 1. The van der Waals surface area contributed by atoms with Gasteiger partial charge in [0.2, 0.25) is 0 Å². The summed E-state index contributed by atoms with van der Waals surface area (Å²) in [5, 5.41) is 14.0. The van der Waals surface area contributed by atoms with Gasteiger partial charge in [0, 0.05) is 0 Å². The van der Waals surface area contributed by atoms with Crippen LogP contribution in [0.4, 0.5) is 0 Å². The van der Waals surface area contributed by atoms with Gasteiger partial charge in [-0.1, -0.05) is 12.1 Å². The molecule has 2 aliphatic carbocycles. The molecule has 0 saturated heterocycles. The maximum atomic E-state index is 7.00. The highest BCUT2D eigenvalue weighted by Gasteiger charge is 2.10. The summed E-state index contributed by atoms with van der Waals surface area (Å²) in [5.74, 6) is 0. The minimum Gasteiger partial charge on any atom is -0.429 e. The summed E-state index contributed by atoms with van der Waals surface area (Å²) in [6.45, 7) is 2.12.